The number of aromatic amines is 1. The summed E-state index contributed by atoms with van der Waals surface area (Å²) in [7, 11) is 0. The maximum absolute atomic E-state index is 9.18. The van der Waals surface area contributed by atoms with Gasteiger partial charge < -0.3 is 15.5 Å². The van der Waals surface area contributed by atoms with E-state index in [1.807, 2.05) is 6.07 Å². The van der Waals surface area contributed by atoms with Gasteiger partial charge in [-0.25, -0.2) is 0 Å². The maximum Gasteiger partial charge on any atom is 0.293 e. The van der Waals surface area contributed by atoms with Crippen LogP contribution in [0.1, 0.15) is 6.92 Å². The summed E-state index contributed by atoms with van der Waals surface area (Å²) in [5.41, 5.74) is 5.22. The first-order chi connectivity index (χ1) is 5.31. The Kier molecular flexibility index (Phi) is 5.79. The molecule has 0 radical (unpaired) electrons. The van der Waals surface area contributed by atoms with E-state index in [9.17, 15) is 4.79 Å². The molecular weight excluding hydrogens is 144 g/mol. The van der Waals surface area contributed by atoms with Gasteiger partial charge in [-0.05, 0) is 19.1 Å². The number of H-pyrrole nitrogens is 1. The van der Waals surface area contributed by atoms with Crippen LogP contribution in [0.15, 0.2) is 18.3 Å². The van der Waals surface area contributed by atoms with E-state index in [2.05, 4.69) is 9.72 Å². The smallest absolute Gasteiger partial charge is 0.293 e. The third-order valence-corrected chi connectivity index (χ3v) is 0.857. The van der Waals surface area contributed by atoms with Gasteiger partial charge in [-0.2, -0.15) is 0 Å². The molecule has 0 unspecified atom stereocenters. The zero-order valence-corrected chi connectivity index (χ0v) is 6.41. The van der Waals surface area contributed by atoms with E-state index >= 15 is 0 Å². The van der Waals surface area contributed by atoms with E-state index in [0.29, 0.717) is 13.1 Å². The molecule has 1 heterocycles. The van der Waals surface area contributed by atoms with E-state index in [0.717, 1.165) is 5.82 Å². The average Bonchev–Trinajstić information content (AvgIpc) is 2.43. The zero-order chi connectivity index (χ0) is 8.53. The van der Waals surface area contributed by atoms with Gasteiger partial charge in [0.1, 0.15) is 5.82 Å². The summed E-state index contributed by atoms with van der Waals surface area (Å²) in [5.74, 6) is 0.718. The largest absolute Gasteiger partial charge is 0.468 e. The molecule has 0 saturated carbocycles. The van der Waals surface area contributed by atoms with Crippen LogP contribution >= 0.6 is 0 Å². The van der Waals surface area contributed by atoms with Gasteiger partial charge >= 0.3 is 0 Å². The first kappa shape index (κ1) is 9.55. The number of anilines is 1. The molecule has 0 bridgehead atoms. The highest BCUT2D eigenvalue weighted by Crippen LogP contribution is 1.90. The number of nitrogens with two attached hydrogens (primary N) is 1. The number of carbonyl (C=O) groups is 1. The minimum atomic E-state index is 0.431. The Labute approximate surface area is 65.4 Å². The lowest BCUT2D eigenvalue weighted by atomic mass is 10.6. The molecule has 1 rings (SSSR count). The molecule has 0 atom stereocenters. The highest BCUT2D eigenvalue weighted by atomic mass is 16.5. The van der Waals surface area contributed by atoms with Crippen molar-refractivity contribution in [2.45, 2.75) is 6.92 Å². The van der Waals surface area contributed by atoms with Crippen molar-refractivity contribution in [2.75, 3.05) is 12.3 Å². The second-order valence-corrected chi connectivity index (χ2v) is 1.68. The molecule has 4 heteroatoms. The Bertz CT molecular complexity index is 173. The Balaban J connectivity index is 0.000000187. The van der Waals surface area contributed by atoms with E-state index in [4.69, 9.17) is 5.73 Å². The number of hydrogen-bond donors (Lipinski definition) is 2. The van der Waals surface area contributed by atoms with Crippen molar-refractivity contribution in [1.82, 2.24) is 4.98 Å². The fraction of sp³-hybridized carbons (Fsp3) is 0.286. The van der Waals surface area contributed by atoms with Gasteiger partial charge in [-0.15, -0.1) is 0 Å². The summed E-state index contributed by atoms with van der Waals surface area (Å²) >= 11 is 0. The molecule has 0 aliphatic carbocycles. The van der Waals surface area contributed by atoms with Crippen LogP contribution in [0.4, 0.5) is 5.82 Å². The van der Waals surface area contributed by atoms with Crippen LogP contribution in [0.3, 0.4) is 0 Å². The number of carbonyl (C=O) groups excluding carboxylic acids is 1. The van der Waals surface area contributed by atoms with Gasteiger partial charge in [-0.1, -0.05) is 0 Å². The van der Waals surface area contributed by atoms with Gasteiger partial charge in [-0.3, -0.25) is 4.79 Å². The molecule has 0 aromatic carbocycles. The Morgan fingerprint density at radius 3 is 2.64 bits per heavy atom. The Hall–Kier alpha value is -1.45. The first-order valence-corrected chi connectivity index (χ1v) is 3.25. The molecule has 0 fully saturated rings. The molecule has 0 spiro atoms. The monoisotopic (exact) mass is 156 g/mol. The lowest BCUT2D eigenvalue weighted by Gasteiger charge is -1.79. The molecule has 11 heavy (non-hydrogen) atoms. The molecular formula is C7H12N2O2. The first-order valence-electron chi connectivity index (χ1n) is 3.25. The standard InChI is InChI=1S/C4H6N2.C3H6O2/c5-4-2-1-3-6-4;1-2-5-3-4/h1-3,6H,5H2;3H,2H2,1H3. The van der Waals surface area contributed by atoms with E-state index < -0.39 is 0 Å². The van der Waals surface area contributed by atoms with Gasteiger partial charge in [0, 0.05) is 6.20 Å². The van der Waals surface area contributed by atoms with Crippen LogP contribution in [0, 0.1) is 0 Å². The third-order valence-electron chi connectivity index (χ3n) is 0.857. The van der Waals surface area contributed by atoms with Crippen LogP contribution < -0.4 is 5.73 Å². The molecule has 4 nitrogen and oxygen atoms in total. The highest BCUT2D eigenvalue weighted by Gasteiger charge is 1.72. The summed E-state index contributed by atoms with van der Waals surface area (Å²) < 4.78 is 4.15. The van der Waals surface area contributed by atoms with Crippen LogP contribution in [0.2, 0.25) is 0 Å². The number of rotatable bonds is 2. The molecule has 1 aromatic rings. The third kappa shape index (κ3) is 6.44. The molecule has 1 aromatic heterocycles. The molecule has 0 aliphatic heterocycles. The predicted molar refractivity (Wildman–Crippen MR) is 42.9 cm³/mol. The van der Waals surface area contributed by atoms with Gasteiger partial charge in [0.05, 0.1) is 6.61 Å². The molecule has 0 aliphatic rings. The number of hydrogen-bond acceptors (Lipinski definition) is 3. The number of ether oxygens (including phenoxy) is 1. The average molecular weight is 156 g/mol. The van der Waals surface area contributed by atoms with Crippen LogP contribution in [-0.4, -0.2) is 18.1 Å². The van der Waals surface area contributed by atoms with Crippen molar-refractivity contribution < 1.29 is 9.53 Å². The summed E-state index contributed by atoms with van der Waals surface area (Å²) in [6.07, 6.45) is 1.79. The van der Waals surface area contributed by atoms with E-state index in [1.165, 1.54) is 0 Å². The van der Waals surface area contributed by atoms with Gasteiger partial charge in [0.15, 0.2) is 0 Å². The number of aromatic nitrogens is 1. The molecule has 3 N–H and O–H groups in total. The summed E-state index contributed by atoms with van der Waals surface area (Å²) in [5, 5.41) is 0. The SMILES string of the molecule is CCOC=O.Nc1ccc[nH]1. The Morgan fingerprint density at radius 1 is 1.82 bits per heavy atom. The quantitative estimate of drug-likeness (QED) is 0.621. The predicted octanol–water partition coefficient (Wildman–Crippen LogP) is 0.776. The topological polar surface area (TPSA) is 68.1 Å². The van der Waals surface area contributed by atoms with Crippen LogP contribution in [0.25, 0.3) is 0 Å². The van der Waals surface area contributed by atoms with Crippen molar-refractivity contribution in [3.63, 3.8) is 0 Å². The fourth-order valence-corrected chi connectivity index (χ4v) is 0.412. The summed E-state index contributed by atoms with van der Waals surface area (Å²) in [4.78, 5) is 12.0. The van der Waals surface area contributed by atoms with Gasteiger partial charge in [0.2, 0.25) is 0 Å². The zero-order valence-electron chi connectivity index (χ0n) is 6.41. The lowest BCUT2D eigenvalue weighted by molar-refractivity contribution is -0.128. The van der Waals surface area contributed by atoms with Gasteiger partial charge in [0.25, 0.3) is 6.47 Å². The molecule has 62 valence electrons. The van der Waals surface area contributed by atoms with E-state index in [1.54, 1.807) is 19.2 Å². The van der Waals surface area contributed by atoms with Crippen molar-refractivity contribution >= 4 is 12.3 Å². The maximum atomic E-state index is 9.18. The van der Waals surface area contributed by atoms with Crippen molar-refractivity contribution in [3.05, 3.63) is 18.3 Å². The van der Waals surface area contributed by atoms with Crippen molar-refractivity contribution in [2.24, 2.45) is 0 Å². The number of nitrogens with one attached hydrogen (secondary N) is 1. The lowest BCUT2D eigenvalue weighted by Crippen LogP contribution is -1.80. The molecule has 0 amide bonds. The minimum Gasteiger partial charge on any atom is -0.468 e. The fourth-order valence-electron chi connectivity index (χ4n) is 0.412. The summed E-state index contributed by atoms with van der Waals surface area (Å²) in [6.45, 7) is 2.66. The van der Waals surface area contributed by atoms with Crippen LogP contribution in [0.5, 0.6) is 0 Å². The van der Waals surface area contributed by atoms with E-state index in [-0.39, 0.29) is 0 Å². The molecule has 0 saturated heterocycles. The second-order valence-electron chi connectivity index (χ2n) is 1.68. The van der Waals surface area contributed by atoms with Crippen molar-refractivity contribution in [3.8, 4) is 0 Å². The Morgan fingerprint density at radius 2 is 2.55 bits per heavy atom. The van der Waals surface area contributed by atoms with Crippen molar-refractivity contribution in [1.29, 1.82) is 0 Å². The minimum absolute atomic E-state index is 0.431. The summed E-state index contributed by atoms with van der Waals surface area (Å²) in [6, 6.07) is 3.66. The highest BCUT2D eigenvalue weighted by molar-refractivity contribution is 5.36. The number of nitrogen functional groups attached to an aromatic ring is 1. The second kappa shape index (κ2) is 6.67. The normalized spacial score (nSPS) is 7.73. The van der Waals surface area contributed by atoms with Crippen LogP contribution in [-0.2, 0) is 9.53 Å².